The number of fused-ring (bicyclic) bond motifs is 7. The van der Waals surface area contributed by atoms with Crippen LogP contribution < -0.4 is 31.1 Å². The van der Waals surface area contributed by atoms with E-state index in [-0.39, 0.29) is 0 Å². The molecule has 5 rings (SSSR count). The Morgan fingerprint density at radius 3 is 1.14 bits per heavy atom. The van der Waals surface area contributed by atoms with Gasteiger partial charge >= 0.3 is 0 Å². The Hall–Kier alpha value is -1.37. The first-order valence-electron chi connectivity index (χ1n) is 16.8. The van der Waals surface area contributed by atoms with Gasteiger partial charge in [-0.2, -0.15) is 0 Å². The summed E-state index contributed by atoms with van der Waals surface area (Å²) < 4.78 is 0. The summed E-state index contributed by atoms with van der Waals surface area (Å²) in [6, 6.07) is 13.2. The smallest absolute Gasteiger partial charge is 0.0803 e. The van der Waals surface area contributed by atoms with Gasteiger partial charge in [0.25, 0.3) is 0 Å². The second-order valence-corrected chi connectivity index (χ2v) is 50.1. The third-order valence-corrected chi connectivity index (χ3v) is 22.5. The molecule has 7 heteroatoms. The first-order chi connectivity index (χ1) is 19.6. The molecule has 1 aliphatic rings. The van der Waals surface area contributed by atoms with Gasteiger partial charge in [0, 0.05) is 16.5 Å². The van der Waals surface area contributed by atoms with Crippen molar-refractivity contribution in [3.05, 3.63) is 30.3 Å². The lowest BCUT2D eigenvalue weighted by molar-refractivity contribution is 1.37. The molecule has 0 fully saturated rings. The molecule has 1 aromatic heterocycles. The molecular formula is C37H59NSi6. The van der Waals surface area contributed by atoms with E-state index < -0.39 is 48.4 Å². The van der Waals surface area contributed by atoms with Crippen LogP contribution in [0, 0.1) is 0 Å². The number of aromatic nitrogens is 1. The average molecular weight is 686 g/mol. The predicted octanol–water partition coefficient (Wildman–Crippen LogP) is 8.31. The van der Waals surface area contributed by atoms with E-state index in [1.54, 1.807) is 36.5 Å². The van der Waals surface area contributed by atoms with E-state index in [0.29, 0.717) is 0 Å². The van der Waals surface area contributed by atoms with Crippen LogP contribution in [0.5, 0.6) is 0 Å². The van der Waals surface area contributed by atoms with Crippen molar-refractivity contribution in [2.24, 2.45) is 0 Å². The molecule has 0 amide bonds. The van der Waals surface area contributed by atoms with E-state index in [4.69, 9.17) is 4.98 Å². The van der Waals surface area contributed by atoms with Crippen molar-refractivity contribution < 1.29 is 0 Å². The second-order valence-electron chi connectivity index (χ2n) is 19.9. The Kier molecular flexibility index (Phi) is 7.77. The summed E-state index contributed by atoms with van der Waals surface area (Å²) in [5.74, 6) is 0. The molecule has 44 heavy (non-hydrogen) atoms. The predicted molar refractivity (Wildman–Crippen MR) is 222 cm³/mol. The Labute approximate surface area is 275 Å². The highest BCUT2D eigenvalue weighted by molar-refractivity contribution is 7.02. The lowest BCUT2D eigenvalue weighted by Crippen LogP contribution is -2.59. The Morgan fingerprint density at radius 1 is 0.341 bits per heavy atom. The molecule has 0 aliphatic heterocycles. The normalized spacial score (nSPS) is 14.6. The maximum Gasteiger partial charge on any atom is 0.0803 e. The van der Waals surface area contributed by atoms with E-state index in [0.717, 1.165) is 0 Å². The van der Waals surface area contributed by atoms with Gasteiger partial charge in [-0.15, -0.1) is 0 Å². The van der Waals surface area contributed by atoms with Crippen molar-refractivity contribution >= 4 is 101 Å². The first kappa shape index (κ1) is 34.0. The lowest BCUT2D eigenvalue weighted by Gasteiger charge is -2.36. The molecule has 0 N–H and O–H groups in total. The molecular weight excluding hydrogens is 627 g/mol. The summed E-state index contributed by atoms with van der Waals surface area (Å²) in [4.78, 5) is 5.78. The minimum absolute atomic E-state index is 1.26. The van der Waals surface area contributed by atoms with Crippen LogP contribution in [0.3, 0.4) is 0 Å². The van der Waals surface area contributed by atoms with Gasteiger partial charge in [0.05, 0.1) is 59.7 Å². The number of hydrogen-bond acceptors (Lipinski definition) is 1. The summed E-state index contributed by atoms with van der Waals surface area (Å²) >= 11 is 0. The molecule has 3 aromatic carbocycles. The average Bonchev–Trinajstić information content (AvgIpc) is 2.80. The molecule has 0 unspecified atom stereocenters. The highest BCUT2D eigenvalue weighted by atomic mass is 28.3. The fraction of sp³-hybridized carbons (Fsp3) is 0.486. The number of benzene rings is 3. The van der Waals surface area contributed by atoms with Crippen molar-refractivity contribution in [3.63, 3.8) is 0 Å². The van der Waals surface area contributed by atoms with Gasteiger partial charge in [0.15, 0.2) is 0 Å². The summed E-state index contributed by atoms with van der Waals surface area (Å²) in [6.45, 7) is 45.8. The van der Waals surface area contributed by atoms with Crippen molar-refractivity contribution in [2.75, 3.05) is 0 Å². The van der Waals surface area contributed by atoms with Crippen molar-refractivity contribution in [1.29, 1.82) is 0 Å². The summed E-state index contributed by atoms with van der Waals surface area (Å²) in [5.41, 5.74) is 6.84. The SMILES string of the molecule is C[Si](C)(C)c1cc2c(cc1[Si](C)(C)C)-c1nc3c([Si](C)(C)C)c([Si](C)(C)C)c4cc([Si](C)(C)C)c([Si](C)(C)C)cc4c3cc1-2. The lowest BCUT2D eigenvalue weighted by atomic mass is 9.83. The van der Waals surface area contributed by atoms with Gasteiger partial charge in [-0.05, 0) is 27.6 Å². The summed E-state index contributed by atoms with van der Waals surface area (Å²) in [6.07, 6.45) is 0. The van der Waals surface area contributed by atoms with Gasteiger partial charge < -0.3 is 0 Å². The maximum atomic E-state index is 5.78. The van der Waals surface area contributed by atoms with Gasteiger partial charge in [-0.1, -0.05) is 168 Å². The minimum atomic E-state index is -1.76. The van der Waals surface area contributed by atoms with E-state index in [1.165, 1.54) is 38.7 Å². The molecule has 236 valence electrons. The first-order valence-corrected chi connectivity index (χ1v) is 37.8. The zero-order valence-electron chi connectivity index (χ0n) is 31.3. The van der Waals surface area contributed by atoms with Crippen molar-refractivity contribution in [3.8, 4) is 22.4 Å². The van der Waals surface area contributed by atoms with Crippen LogP contribution in [0.15, 0.2) is 30.3 Å². The van der Waals surface area contributed by atoms with Crippen LogP contribution in [-0.2, 0) is 0 Å². The number of hydrogen-bond donors (Lipinski definition) is 0. The van der Waals surface area contributed by atoms with Crippen LogP contribution in [0.2, 0.25) is 118 Å². The molecule has 0 saturated heterocycles. The minimum Gasteiger partial charge on any atom is -0.247 e. The highest BCUT2D eigenvalue weighted by Crippen LogP contribution is 2.47. The van der Waals surface area contributed by atoms with Crippen LogP contribution in [0.4, 0.5) is 0 Å². The van der Waals surface area contributed by atoms with Gasteiger partial charge in [0.1, 0.15) is 0 Å². The third kappa shape index (κ3) is 5.61. The van der Waals surface area contributed by atoms with Crippen molar-refractivity contribution in [1.82, 2.24) is 4.98 Å². The topological polar surface area (TPSA) is 12.9 Å². The van der Waals surface area contributed by atoms with Crippen LogP contribution in [0.25, 0.3) is 44.1 Å². The number of pyridine rings is 1. The third-order valence-electron chi connectivity index (χ3n) is 9.66. The summed E-state index contributed by atoms with van der Waals surface area (Å²) in [5, 5.41) is 14.5. The standard InChI is InChI=1S/C37H59NSi6/c1-39(2,3)30-20-24-26-19-27-25-21-31(40(4,5)6)33(42(10,11)12)23-29(25)36(43(13,14)15)37(44(16,17)18)35(27)38-34(26)28(24)22-32(30)41(7,8)9/h19-23H,1-18H3. The molecule has 0 saturated carbocycles. The summed E-state index contributed by atoms with van der Waals surface area (Å²) in [7, 11) is -9.66. The number of nitrogens with zero attached hydrogens (tertiary/aromatic N) is 1. The monoisotopic (exact) mass is 685 g/mol. The molecule has 0 atom stereocenters. The van der Waals surface area contributed by atoms with E-state index >= 15 is 0 Å². The van der Waals surface area contributed by atoms with Gasteiger partial charge in [0.2, 0.25) is 0 Å². The van der Waals surface area contributed by atoms with E-state index in [1.807, 2.05) is 0 Å². The molecule has 1 nitrogen and oxygen atoms in total. The molecule has 0 radical (unpaired) electrons. The van der Waals surface area contributed by atoms with E-state index in [2.05, 4.69) is 148 Å². The quantitative estimate of drug-likeness (QED) is 0.129. The second kappa shape index (κ2) is 10.1. The fourth-order valence-corrected chi connectivity index (χ4v) is 23.8. The Balaban J connectivity index is 2.01. The van der Waals surface area contributed by atoms with Crippen molar-refractivity contribution in [2.45, 2.75) is 118 Å². The van der Waals surface area contributed by atoms with Crippen LogP contribution in [0.1, 0.15) is 0 Å². The maximum absolute atomic E-state index is 5.78. The molecule has 1 aliphatic carbocycles. The largest absolute Gasteiger partial charge is 0.247 e. The molecule has 0 bridgehead atoms. The van der Waals surface area contributed by atoms with Gasteiger partial charge in [-0.25, -0.2) is 4.98 Å². The van der Waals surface area contributed by atoms with Crippen LogP contribution >= 0.6 is 0 Å². The Morgan fingerprint density at radius 2 is 0.727 bits per heavy atom. The highest BCUT2D eigenvalue weighted by Gasteiger charge is 2.38. The fourth-order valence-electron chi connectivity index (χ4n) is 7.55. The molecule has 1 heterocycles. The molecule has 0 spiro atoms. The number of rotatable bonds is 6. The molecule has 4 aromatic rings. The zero-order valence-corrected chi connectivity index (χ0v) is 37.3. The van der Waals surface area contributed by atoms with Gasteiger partial charge in [-0.3, -0.25) is 0 Å². The Bertz CT molecular complexity index is 1840. The van der Waals surface area contributed by atoms with Crippen LogP contribution in [-0.4, -0.2) is 53.4 Å². The zero-order chi connectivity index (χ0) is 33.3. The van der Waals surface area contributed by atoms with E-state index in [9.17, 15) is 0 Å².